The van der Waals surface area contributed by atoms with Crippen molar-refractivity contribution in [3.8, 4) is 23.0 Å². The van der Waals surface area contributed by atoms with Gasteiger partial charge >= 0.3 is 48.9 Å². The Bertz CT molecular complexity index is 3860. The number of ether oxygens (including phenoxy) is 2. The van der Waals surface area contributed by atoms with E-state index in [2.05, 4.69) is 30.8 Å². The zero-order valence-corrected chi connectivity index (χ0v) is 49.1. The molecule has 0 atom stereocenters. The topological polar surface area (TPSA) is 284 Å². The molecule has 0 aromatic heterocycles. The molecule has 8 aromatic carbocycles. The maximum atomic E-state index is 13.4. The summed E-state index contributed by atoms with van der Waals surface area (Å²) in [5.74, 6) is -1.35. The molecule has 8 aromatic rings. The summed E-state index contributed by atoms with van der Waals surface area (Å²) in [6.45, 7) is 7.98. The van der Waals surface area contributed by atoms with Crippen molar-refractivity contribution in [3.63, 3.8) is 0 Å². The number of phenolic OH excluding ortho intramolecular Hbond substituents is 1. The number of aromatic hydroxyl groups is 1. The van der Waals surface area contributed by atoms with Crippen LogP contribution in [0, 0.1) is 0 Å². The number of nitrogens with zero attached hydrogens (tertiary/aromatic N) is 5. The average Bonchev–Trinajstić information content (AvgIpc) is 3.39. The Kier molecular flexibility index (Phi) is 20.4. The second kappa shape index (κ2) is 26.3. The third-order valence-corrected chi connectivity index (χ3v) is 13.8. The van der Waals surface area contributed by atoms with Gasteiger partial charge in [-0.15, -0.1) is 5.11 Å². The van der Waals surface area contributed by atoms with Crippen LogP contribution < -0.4 is 25.0 Å². The van der Waals surface area contributed by atoms with Crippen molar-refractivity contribution in [2.75, 3.05) is 18.5 Å². The van der Waals surface area contributed by atoms with Gasteiger partial charge in [-0.25, -0.2) is 0 Å². The van der Waals surface area contributed by atoms with Crippen LogP contribution in [0.25, 0.3) is 21.5 Å². The van der Waals surface area contributed by atoms with Crippen LogP contribution in [0.15, 0.2) is 169 Å². The van der Waals surface area contributed by atoms with Crippen molar-refractivity contribution in [1.29, 1.82) is 0 Å². The molecule has 23 heteroatoms. The van der Waals surface area contributed by atoms with Crippen LogP contribution in [-0.4, -0.2) is 105 Å². The van der Waals surface area contributed by atoms with Gasteiger partial charge in [0, 0.05) is 38.6 Å². The van der Waals surface area contributed by atoms with Crippen LogP contribution in [-0.2, 0) is 33.1 Å². The SMILES string of the molecule is CCOc1cccc(N=C([O-])c2cc3ccccc3c(N=Nc3cc(Cl)c(CC)c(S(=O)(=O)O)c3)c2[O-])c1.CCOc1cccc(NC(=O)c2cc3ccccc3c(N=Nc3cc(Cl)c(CC)c(S(=O)(=O)O)c3)c2O)c1.[Ba+2]. The Morgan fingerprint density at radius 3 is 1.60 bits per heavy atom. The van der Waals surface area contributed by atoms with Crippen molar-refractivity contribution < 1.29 is 55.5 Å². The number of carbonyl (C=O) groups excluding carboxylic acids is 1. The van der Waals surface area contributed by atoms with E-state index >= 15 is 0 Å². The molecule has 1 amide bonds. The van der Waals surface area contributed by atoms with Crippen LogP contribution in [0.2, 0.25) is 10.0 Å². The van der Waals surface area contributed by atoms with Crippen molar-refractivity contribution in [2.45, 2.75) is 50.3 Å². The summed E-state index contributed by atoms with van der Waals surface area (Å²) in [6, 6.07) is 35.3. The number of azo groups is 2. The number of amides is 1. The van der Waals surface area contributed by atoms with Crippen LogP contribution in [0.5, 0.6) is 23.0 Å². The molecule has 0 aliphatic carbocycles. The van der Waals surface area contributed by atoms with E-state index < -0.39 is 48.4 Å². The summed E-state index contributed by atoms with van der Waals surface area (Å²) in [4.78, 5) is 16.4. The molecule has 0 radical (unpaired) electrons. The molecule has 0 heterocycles. The minimum Gasteiger partial charge on any atom is -0.871 e. The Morgan fingerprint density at radius 1 is 0.597 bits per heavy atom. The average molecular weight is 1240 g/mol. The van der Waals surface area contributed by atoms with Gasteiger partial charge in [0.15, 0.2) is 5.75 Å². The standard InChI is InChI=1S/2C27H24ClN3O6S.Ba/c2*1-3-20-23(28)14-18(15-24(20)38(34,35)36)30-31-25-21-11-6-5-8-16(21)12-22(26(25)32)27(33)29-17-9-7-10-19(13-17)37-4-2;/h2*5-15,32H,3-4H2,1-2H3,(H,29,33)(H,34,35,36);/q;;+2/p-2. The molecule has 392 valence electrons. The molecule has 0 spiro atoms. The number of nitrogens with one attached hydrogen (secondary N) is 1. The molecule has 0 saturated heterocycles. The van der Waals surface area contributed by atoms with Crippen LogP contribution >= 0.6 is 23.2 Å². The maximum Gasteiger partial charge on any atom is 2.00 e. The van der Waals surface area contributed by atoms with Gasteiger partial charge in [-0.2, -0.15) is 32.2 Å². The number of benzene rings is 8. The van der Waals surface area contributed by atoms with E-state index in [0.29, 0.717) is 57.6 Å². The molecule has 18 nitrogen and oxygen atoms in total. The molecule has 77 heavy (non-hydrogen) atoms. The van der Waals surface area contributed by atoms with Crippen molar-refractivity contribution in [1.82, 2.24) is 0 Å². The maximum absolute atomic E-state index is 13.4. The summed E-state index contributed by atoms with van der Waals surface area (Å²) in [5.41, 5.74) is 0.909. The molecule has 0 aliphatic rings. The zero-order chi connectivity index (χ0) is 54.9. The second-order valence-corrected chi connectivity index (χ2v) is 19.9. The fraction of sp³-hybridized carbons (Fsp3) is 0.148. The zero-order valence-electron chi connectivity index (χ0n) is 41.6. The first-order valence-electron chi connectivity index (χ1n) is 23.2. The van der Waals surface area contributed by atoms with E-state index in [9.17, 15) is 46.1 Å². The van der Waals surface area contributed by atoms with Crippen LogP contribution in [0.3, 0.4) is 0 Å². The number of hydrogen-bond donors (Lipinski definition) is 4. The molecule has 0 aliphatic heterocycles. The van der Waals surface area contributed by atoms with Gasteiger partial charge in [-0.1, -0.05) is 103 Å². The van der Waals surface area contributed by atoms with E-state index in [1.54, 1.807) is 111 Å². The molecule has 0 unspecified atom stereocenters. The predicted molar refractivity (Wildman–Crippen MR) is 294 cm³/mol. The van der Waals surface area contributed by atoms with Gasteiger partial charge < -0.3 is 30.1 Å². The molecule has 8 rings (SSSR count). The van der Waals surface area contributed by atoms with Crippen molar-refractivity contribution in [3.05, 3.63) is 166 Å². The second-order valence-electron chi connectivity index (χ2n) is 16.3. The molecule has 0 saturated carbocycles. The molecule has 0 bridgehead atoms. The van der Waals surface area contributed by atoms with Crippen LogP contribution in [0.4, 0.5) is 34.1 Å². The van der Waals surface area contributed by atoms with Gasteiger partial charge in [0.1, 0.15) is 27.0 Å². The Morgan fingerprint density at radius 2 is 1.08 bits per heavy atom. The van der Waals surface area contributed by atoms with E-state index in [4.69, 9.17) is 32.7 Å². The van der Waals surface area contributed by atoms with Crippen molar-refractivity contribution >= 4 is 160 Å². The molecular weight excluding hydrogens is 1200 g/mol. The number of halogens is 2. The summed E-state index contributed by atoms with van der Waals surface area (Å²) in [6.07, 6.45) is 0.517. The molecule has 0 fully saturated rings. The number of anilines is 1. The number of aliphatic imine (C=N–C) groups is 1. The first kappa shape index (κ1) is 59.8. The van der Waals surface area contributed by atoms with E-state index in [1.165, 1.54) is 24.3 Å². The summed E-state index contributed by atoms with van der Waals surface area (Å²) >= 11 is 12.5. The van der Waals surface area contributed by atoms with E-state index in [0.717, 1.165) is 12.1 Å². The summed E-state index contributed by atoms with van der Waals surface area (Å²) < 4.78 is 77.7. The first-order valence-corrected chi connectivity index (χ1v) is 26.8. The normalized spacial score (nSPS) is 11.9. The predicted octanol–water partition coefficient (Wildman–Crippen LogP) is 12.3. The third-order valence-electron chi connectivity index (χ3n) is 11.3. The number of carbonyl (C=O) groups is 1. The summed E-state index contributed by atoms with van der Waals surface area (Å²) in [7, 11) is -9.15. The van der Waals surface area contributed by atoms with Crippen molar-refractivity contribution in [2.24, 2.45) is 25.4 Å². The quantitative estimate of drug-likeness (QED) is 0.0231. The monoisotopic (exact) mass is 1240 g/mol. The van der Waals surface area contributed by atoms with Gasteiger partial charge in [0.2, 0.25) is 0 Å². The molecule has 4 N–H and O–H groups in total. The number of phenols is 1. The third kappa shape index (κ3) is 14.6. The van der Waals surface area contributed by atoms with E-state index in [-0.39, 0.29) is 122 Å². The van der Waals surface area contributed by atoms with Gasteiger partial charge in [-0.3, -0.25) is 18.9 Å². The number of rotatable bonds is 16. The Labute approximate surface area is 493 Å². The Balaban J connectivity index is 0.000000246. The van der Waals surface area contributed by atoms with E-state index in [1.807, 2.05) is 13.8 Å². The minimum atomic E-state index is -4.58. The first-order chi connectivity index (χ1) is 36.2. The largest absolute Gasteiger partial charge is 2.00 e. The number of hydrogen-bond acceptors (Lipinski definition) is 15. The summed E-state index contributed by atoms with van der Waals surface area (Å²) in [5, 5.41) is 58.8. The minimum absolute atomic E-state index is 0. The van der Waals surface area contributed by atoms with Gasteiger partial charge in [0.05, 0.1) is 41.5 Å². The molecular formula is C54H46BaCl2N6O12S2. The fourth-order valence-corrected chi connectivity index (χ4v) is 10.3. The van der Waals surface area contributed by atoms with Crippen LogP contribution in [0.1, 0.15) is 54.7 Å². The Hall–Kier alpha value is -6.41. The van der Waals surface area contributed by atoms with Gasteiger partial charge in [-0.05, 0) is 121 Å². The fourth-order valence-electron chi connectivity index (χ4n) is 7.85. The van der Waals surface area contributed by atoms with Gasteiger partial charge in [0.25, 0.3) is 26.1 Å². The number of fused-ring (bicyclic) bond motifs is 2. The smallest absolute Gasteiger partial charge is 0.871 e.